The molecule has 82 valence electrons. The van der Waals surface area contributed by atoms with Crippen LogP contribution in [0.25, 0.3) is 0 Å². The van der Waals surface area contributed by atoms with Crippen molar-refractivity contribution in [1.29, 1.82) is 5.26 Å². The van der Waals surface area contributed by atoms with Gasteiger partial charge in [-0.2, -0.15) is 10.7 Å². The topological polar surface area (TPSA) is 113 Å². The van der Waals surface area contributed by atoms with Crippen molar-refractivity contribution >= 4 is 11.4 Å². The van der Waals surface area contributed by atoms with Gasteiger partial charge < -0.3 is 4.74 Å². The predicted octanol–water partition coefficient (Wildman–Crippen LogP) is 1.67. The molecule has 0 aliphatic heterocycles. The quantitative estimate of drug-likeness (QED) is 0.273. The molecule has 16 heavy (non-hydrogen) atoms. The van der Waals surface area contributed by atoms with Crippen LogP contribution in [-0.4, -0.2) is 12.0 Å². The molecule has 0 amide bonds. The third-order valence-electron chi connectivity index (χ3n) is 1.63. The van der Waals surface area contributed by atoms with Gasteiger partial charge in [0.15, 0.2) is 11.9 Å². The molecule has 0 radical (unpaired) electrons. The molecule has 0 atom stereocenters. The number of nitrogens with zero attached hydrogens (tertiary/aromatic N) is 4. The number of benzene rings is 1. The summed E-state index contributed by atoms with van der Waals surface area (Å²) < 4.78 is 4.90. The Morgan fingerprint density at radius 2 is 2.38 bits per heavy atom. The number of hydrogen-bond donors (Lipinski definition) is 1. The number of hydrogen-bond acceptors (Lipinski definition) is 6. The van der Waals surface area contributed by atoms with Gasteiger partial charge in [0, 0.05) is 6.07 Å². The van der Waals surface area contributed by atoms with E-state index in [9.17, 15) is 10.1 Å². The highest BCUT2D eigenvalue weighted by atomic mass is 16.6. The predicted molar refractivity (Wildman–Crippen MR) is 52.9 cm³/mol. The standard InChI is InChI=1S/C8H7N5O3/c1-16-8-4-6(13(14)15)2-3-7(8)11-12-10-5-9/h2-4H,1H3,(H,10,11). The minimum atomic E-state index is -0.545. The molecule has 0 unspecified atom stereocenters. The van der Waals surface area contributed by atoms with Crippen LogP contribution in [-0.2, 0) is 0 Å². The molecule has 0 bridgehead atoms. The Bertz CT molecular complexity index is 465. The highest BCUT2D eigenvalue weighted by Gasteiger charge is 2.10. The van der Waals surface area contributed by atoms with Crippen LogP contribution in [0.1, 0.15) is 0 Å². The second-order valence-corrected chi connectivity index (χ2v) is 2.54. The van der Waals surface area contributed by atoms with E-state index in [0.717, 1.165) is 0 Å². The number of nitrogens with one attached hydrogen (secondary N) is 1. The molecule has 0 aliphatic carbocycles. The molecule has 1 aromatic rings. The van der Waals surface area contributed by atoms with E-state index in [0.29, 0.717) is 0 Å². The summed E-state index contributed by atoms with van der Waals surface area (Å²) in [6.07, 6.45) is 1.55. The van der Waals surface area contributed by atoms with Gasteiger partial charge in [-0.15, -0.1) is 5.11 Å². The number of non-ortho nitro benzene ring substituents is 1. The van der Waals surface area contributed by atoms with E-state index in [1.165, 1.54) is 25.3 Å². The molecular formula is C8H7N5O3. The second kappa shape index (κ2) is 5.26. The molecule has 1 aromatic carbocycles. The van der Waals surface area contributed by atoms with Gasteiger partial charge in [0.25, 0.3) is 5.69 Å². The average molecular weight is 221 g/mol. The lowest BCUT2D eigenvalue weighted by molar-refractivity contribution is -0.384. The molecule has 8 heteroatoms. The van der Waals surface area contributed by atoms with Gasteiger partial charge in [0.2, 0.25) is 0 Å². The summed E-state index contributed by atoms with van der Waals surface area (Å²) in [6.45, 7) is 0. The van der Waals surface area contributed by atoms with Gasteiger partial charge in [-0.1, -0.05) is 5.22 Å². The van der Waals surface area contributed by atoms with Crippen LogP contribution in [0.2, 0.25) is 0 Å². The zero-order chi connectivity index (χ0) is 12.0. The van der Waals surface area contributed by atoms with E-state index in [-0.39, 0.29) is 17.1 Å². The maximum atomic E-state index is 10.5. The Labute approximate surface area is 90.3 Å². The first-order valence-electron chi connectivity index (χ1n) is 4.06. The Balaban J connectivity index is 3.03. The van der Waals surface area contributed by atoms with E-state index in [1.54, 1.807) is 6.19 Å². The number of ether oxygens (including phenoxy) is 1. The van der Waals surface area contributed by atoms with E-state index in [4.69, 9.17) is 10.00 Å². The van der Waals surface area contributed by atoms with E-state index >= 15 is 0 Å². The van der Waals surface area contributed by atoms with Crippen LogP contribution < -0.4 is 10.2 Å². The fourth-order valence-corrected chi connectivity index (χ4v) is 0.964. The van der Waals surface area contributed by atoms with Gasteiger partial charge in [-0.05, 0) is 6.07 Å². The smallest absolute Gasteiger partial charge is 0.273 e. The molecule has 8 nitrogen and oxygen atoms in total. The highest BCUT2D eigenvalue weighted by molar-refractivity contribution is 5.56. The summed E-state index contributed by atoms with van der Waals surface area (Å²) in [5.74, 6) is 0.206. The monoisotopic (exact) mass is 221 g/mol. The minimum Gasteiger partial charge on any atom is -0.494 e. The zero-order valence-corrected chi connectivity index (χ0v) is 8.25. The number of nitro benzene ring substituents is 1. The second-order valence-electron chi connectivity index (χ2n) is 2.54. The van der Waals surface area contributed by atoms with Crippen LogP contribution in [0.3, 0.4) is 0 Å². The van der Waals surface area contributed by atoms with Crippen molar-refractivity contribution in [3.8, 4) is 11.9 Å². The lowest BCUT2D eigenvalue weighted by Gasteiger charge is -2.02. The SMILES string of the molecule is COc1cc([N+](=O)[O-])ccc1N=NNC#N. The normalized spacial score (nSPS) is 9.75. The van der Waals surface area contributed by atoms with Crippen molar-refractivity contribution in [3.05, 3.63) is 28.3 Å². The first-order valence-corrected chi connectivity index (χ1v) is 4.06. The number of nitriles is 1. The number of methoxy groups -OCH3 is 1. The van der Waals surface area contributed by atoms with Crippen molar-refractivity contribution in [3.63, 3.8) is 0 Å². The maximum absolute atomic E-state index is 10.5. The van der Waals surface area contributed by atoms with Gasteiger partial charge in [0.1, 0.15) is 5.69 Å². The molecule has 0 saturated heterocycles. The summed E-state index contributed by atoms with van der Waals surface area (Å²) in [7, 11) is 1.36. The van der Waals surface area contributed by atoms with Crippen LogP contribution in [0.4, 0.5) is 11.4 Å². The minimum absolute atomic E-state index is 0.107. The number of rotatable bonds is 4. The molecule has 0 fully saturated rings. The zero-order valence-electron chi connectivity index (χ0n) is 8.25. The fraction of sp³-hybridized carbons (Fsp3) is 0.125. The molecule has 1 N–H and O–H groups in total. The molecule has 0 aliphatic rings. The highest BCUT2D eigenvalue weighted by Crippen LogP contribution is 2.31. The summed E-state index contributed by atoms with van der Waals surface area (Å²) in [6, 6.07) is 3.86. The van der Waals surface area contributed by atoms with Crippen molar-refractivity contribution in [1.82, 2.24) is 5.43 Å². The summed E-state index contributed by atoms with van der Waals surface area (Å²) in [4.78, 5) is 9.94. The summed E-state index contributed by atoms with van der Waals surface area (Å²) in [5, 5.41) is 25.6. The first kappa shape index (κ1) is 11.4. The maximum Gasteiger partial charge on any atom is 0.273 e. The van der Waals surface area contributed by atoms with E-state index in [1.807, 2.05) is 5.43 Å². The van der Waals surface area contributed by atoms with E-state index in [2.05, 4.69) is 10.3 Å². The van der Waals surface area contributed by atoms with Gasteiger partial charge >= 0.3 is 0 Å². The van der Waals surface area contributed by atoms with Crippen LogP contribution in [0, 0.1) is 21.6 Å². The molecule has 0 aromatic heterocycles. The Morgan fingerprint density at radius 1 is 1.62 bits per heavy atom. The van der Waals surface area contributed by atoms with Crippen LogP contribution in [0.5, 0.6) is 5.75 Å². The largest absolute Gasteiger partial charge is 0.494 e. The Morgan fingerprint density at radius 3 is 2.94 bits per heavy atom. The van der Waals surface area contributed by atoms with Crippen LogP contribution in [0.15, 0.2) is 28.5 Å². The summed E-state index contributed by atoms with van der Waals surface area (Å²) >= 11 is 0. The Hall–Kier alpha value is -2.69. The molecule has 0 heterocycles. The third kappa shape index (κ3) is 2.65. The van der Waals surface area contributed by atoms with E-state index < -0.39 is 4.92 Å². The van der Waals surface area contributed by atoms with Gasteiger partial charge in [-0.3, -0.25) is 10.1 Å². The van der Waals surface area contributed by atoms with Gasteiger partial charge in [-0.25, -0.2) is 0 Å². The fourth-order valence-electron chi connectivity index (χ4n) is 0.964. The number of nitro groups is 1. The summed E-state index contributed by atoms with van der Waals surface area (Å²) in [5.41, 5.74) is 2.14. The molecular weight excluding hydrogens is 214 g/mol. The molecule has 0 spiro atoms. The first-order chi connectivity index (χ1) is 7.69. The Kier molecular flexibility index (Phi) is 3.74. The van der Waals surface area contributed by atoms with Gasteiger partial charge in [0.05, 0.1) is 18.1 Å². The van der Waals surface area contributed by atoms with Crippen molar-refractivity contribution in [2.45, 2.75) is 0 Å². The molecule has 1 rings (SSSR count). The van der Waals surface area contributed by atoms with Crippen molar-refractivity contribution in [2.75, 3.05) is 7.11 Å². The van der Waals surface area contributed by atoms with Crippen molar-refractivity contribution < 1.29 is 9.66 Å². The average Bonchev–Trinajstić information content (AvgIpc) is 2.29. The molecule has 0 saturated carbocycles. The van der Waals surface area contributed by atoms with Crippen LogP contribution >= 0.6 is 0 Å². The lowest BCUT2D eigenvalue weighted by Crippen LogP contribution is -1.91. The van der Waals surface area contributed by atoms with Crippen molar-refractivity contribution in [2.24, 2.45) is 10.3 Å². The lowest BCUT2D eigenvalue weighted by atomic mass is 10.2. The third-order valence-corrected chi connectivity index (χ3v) is 1.63.